The largest absolute Gasteiger partial charge is 0.333 e. The van der Waals surface area contributed by atoms with Crippen LogP contribution in [0.15, 0.2) is 53.6 Å². The first-order valence-electron chi connectivity index (χ1n) is 9.52. The van der Waals surface area contributed by atoms with E-state index in [9.17, 15) is 18.4 Å². The monoisotopic (exact) mass is 408 g/mol. The SMILES string of the molecule is CN(C(=O)c1cc2ccccn2c1)[C@H]1CNCc2[nH]c(=O)c3cc(F)c(F)cc3c21. The number of halogens is 2. The standard InChI is InChI=1S/C22H18F2N4O2/c1-27(22(30)12-6-13-4-2-3-5-28(13)11-12)19-10-25-9-18-20(19)14-7-16(23)17(24)8-15(14)21(29)26-18/h2-8,11,19,25H,9-10H2,1H3,(H,26,29)/t19-/m0/s1. The van der Waals surface area contributed by atoms with Crippen molar-refractivity contribution in [2.45, 2.75) is 12.6 Å². The Labute approximate surface area is 169 Å². The van der Waals surface area contributed by atoms with E-state index in [1.165, 1.54) is 0 Å². The second-order valence-electron chi connectivity index (χ2n) is 7.48. The summed E-state index contributed by atoms with van der Waals surface area (Å²) in [5.74, 6) is -2.32. The molecular formula is C22H18F2N4O2. The van der Waals surface area contributed by atoms with E-state index in [4.69, 9.17) is 0 Å². The average Bonchev–Trinajstić information content (AvgIpc) is 3.18. The molecule has 1 aromatic carbocycles. The highest BCUT2D eigenvalue weighted by Crippen LogP contribution is 2.32. The number of aromatic nitrogens is 2. The van der Waals surface area contributed by atoms with E-state index in [0.717, 1.165) is 17.6 Å². The molecule has 3 aromatic heterocycles. The van der Waals surface area contributed by atoms with E-state index in [-0.39, 0.29) is 11.3 Å². The molecule has 152 valence electrons. The Balaban J connectivity index is 1.63. The number of fused-ring (bicyclic) bond motifs is 4. The minimum absolute atomic E-state index is 0.0648. The Hall–Kier alpha value is -3.52. The molecule has 0 spiro atoms. The van der Waals surface area contributed by atoms with E-state index >= 15 is 0 Å². The molecule has 30 heavy (non-hydrogen) atoms. The van der Waals surface area contributed by atoms with Gasteiger partial charge in [0, 0.05) is 49.3 Å². The van der Waals surface area contributed by atoms with E-state index in [1.54, 1.807) is 24.2 Å². The molecule has 0 radical (unpaired) electrons. The lowest BCUT2D eigenvalue weighted by atomic mass is 9.93. The molecule has 0 saturated heterocycles. The number of benzene rings is 1. The molecule has 1 aliphatic rings. The Morgan fingerprint density at radius 2 is 1.93 bits per heavy atom. The molecule has 0 bridgehead atoms. The molecule has 0 unspecified atom stereocenters. The number of aromatic amines is 1. The molecule has 8 heteroatoms. The summed E-state index contributed by atoms with van der Waals surface area (Å²) in [5, 5.41) is 3.57. The van der Waals surface area contributed by atoms with Crippen LogP contribution >= 0.6 is 0 Å². The van der Waals surface area contributed by atoms with Gasteiger partial charge in [-0.05, 0) is 35.7 Å². The van der Waals surface area contributed by atoms with Crippen molar-refractivity contribution in [3.63, 3.8) is 0 Å². The molecular weight excluding hydrogens is 390 g/mol. The van der Waals surface area contributed by atoms with Crippen LogP contribution in [-0.4, -0.2) is 33.8 Å². The van der Waals surface area contributed by atoms with Gasteiger partial charge in [0.25, 0.3) is 11.5 Å². The summed E-state index contributed by atoms with van der Waals surface area (Å²) in [7, 11) is 1.67. The van der Waals surface area contributed by atoms with Crippen LogP contribution in [0.1, 0.15) is 27.7 Å². The Morgan fingerprint density at radius 1 is 1.17 bits per heavy atom. The molecule has 2 N–H and O–H groups in total. The summed E-state index contributed by atoms with van der Waals surface area (Å²) >= 11 is 0. The van der Waals surface area contributed by atoms with Gasteiger partial charge in [-0.2, -0.15) is 0 Å². The number of nitrogens with zero attached hydrogens (tertiary/aromatic N) is 2. The highest BCUT2D eigenvalue weighted by atomic mass is 19.2. The van der Waals surface area contributed by atoms with Crippen molar-refractivity contribution in [2.24, 2.45) is 0 Å². The van der Waals surface area contributed by atoms with Crippen molar-refractivity contribution in [1.29, 1.82) is 0 Å². The summed E-state index contributed by atoms with van der Waals surface area (Å²) in [6.07, 6.45) is 3.62. The predicted octanol–water partition coefficient (Wildman–Crippen LogP) is 2.98. The van der Waals surface area contributed by atoms with Crippen molar-refractivity contribution < 1.29 is 13.6 Å². The zero-order valence-corrected chi connectivity index (χ0v) is 16.1. The van der Waals surface area contributed by atoms with E-state index in [2.05, 4.69) is 10.3 Å². The highest BCUT2D eigenvalue weighted by Gasteiger charge is 2.31. The molecule has 1 atom stereocenters. The van der Waals surface area contributed by atoms with Gasteiger partial charge in [0.15, 0.2) is 11.6 Å². The molecule has 1 amide bonds. The molecule has 4 heterocycles. The number of hydrogen-bond acceptors (Lipinski definition) is 3. The summed E-state index contributed by atoms with van der Waals surface area (Å²) in [6, 6.07) is 8.97. The summed E-state index contributed by atoms with van der Waals surface area (Å²) in [5.41, 5.74) is 2.11. The van der Waals surface area contributed by atoms with Crippen molar-refractivity contribution in [1.82, 2.24) is 19.6 Å². The van der Waals surface area contributed by atoms with Gasteiger partial charge in [0.05, 0.1) is 17.0 Å². The topological polar surface area (TPSA) is 69.6 Å². The fourth-order valence-corrected chi connectivity index (χ4v) is 4.20. The van der Waals surface area contributed by atoms with Gasteiger partial charge in [-0.3, -0.25) is 9.59 Å². The fraction of sp³-hybridized carbons (Fsp3) is 0.182. The van der Waals surface area contributed by atoms with E-state index in [1.807, 2.05) is 28.8 Å². The van der Waals surface area contributed by atoms with Crippen LogP contribution in [0, 0.1) is 11.6 Å². The van der Waals surface area contributed by atoms with Gasteiger partial charge in [-0.1, -0.05) is 6.07 Å². The van der Waals surface area contributed by atoms with Crippen LogP contribution in [-0.2, 0) is 6.54 Å². The smallest absolute Gasteiger partial charge is 0.256 e. The number of H-pyrrole nitrogens is 1. The van der Waals surface area contributed by atoms with Crippen molar-refractivity contribution in [2.75, 3.05) is 13.6 Å². The lowest BCUT2D eigenvalue weighted by molar-refractivity contribution is 0.0723. The lowest BCUT2D eigenvalue weighted by Crippen LogP contribution is -2.42. The average molecular weight is 408 g/mol. The first-order chi connectivity index (χ1) is 14.4. The molecule has 5 rings (SSSR count). The Bertz CT molecular complexity index is 1340. The van der Waals surface area contributed by atoms with Crippen molar-refractivity contribution in [3.8, 4) is 0 Å². The zero-order valence-electron chi connectivity index (χ0n) is 16.1. The maximum absolute atomic E-state index is 14.0. The quantitative estimate of drug-likeness (QED) is 0.536. The van der Waals surface area contributed by atoms with Gasteiger partial charge >= 0.3 is 0 Å². The van der Waals surface area contributed by atoms with Crippen LogP contribution in [0.2, 0.25) is 0 Å². The third-order valence-electron chi connectivity index (χ3n) is 5.70. The Kier molecular flexibility index (Phi) is 4.18. The maximum Gasteiger partial charge on any atom is 0.256 e. The van der Waals surface area contributed by atoms with Crippen molar-refractivity contribution >= 4 is 22.2 Å². The number of pyridine rings is 2. The second kappa shape index (κ2) is 6.77. The molecule has 0 fully saturated rings. The van der Waals surface area contributed by atoms with Gasteiger partial charge in [0.1, 0.15) is 0 Å². The molecule has 4 aromatic rings. The van der Waals surface area contributed by atoms with Crippen LogP contribution in [0.4, 0.5) is 8.78 Å². The molecule has 0 saturated carbocycles. The van der Waals surface area contributed by atoms with Gasteiger partial charge in [-0.15, -0.1) is 0 Å². The number of hydrogen-bond donors (Lipinski definition) is 2. The third kappa shape index (κ3) is 2.80. The van der Waals surface area contributed by atoms with E-state index < -0.39 is 23.2 Å². The van der Waals surface area contributed by atoms with Crippen molar-refractivity contribution in [3.05, 3.63) is 87.6 Å². The fourth-order valence-electron chi connectivity index (χ4n) is 4.20. The van der Waals surface area contributed by atoms with Crippen LogP contribution in [0.3, 0.4) is 0 Å². The number of rotatable bonds is 2. The molecule has 6 nitrogen and oxygen atoms in total. The summed E-state index contributed by atoms with van der Waals surface area (Å²) < 4.78 is 29.7. The highest BCUT2D eigenvalue weighted by molar-refractivity contribution is 5.96. The zero-order chi connectivity index (χ0) is 21.0. The van der Waals surface area contributed by atoms with Gasteiger partial charge in [0.2, 0.25) is 0 Å². The van der Waals surface area contributed by atoms with E-state index in [0.29, 0.717) is 35.3 Å². The third-order valence-corrected chi connectivity index (χ3v) is 5.70. The Morgan fingerprint density at radius 3 is 2.70 bits per heavy atom. The van der Waals surface area contributed by atoms with Crippen LogP contribution < -0.4 is 10.9 Å². The molecule has 0 aliphatic carbocycles. The first kappa shape index (κ1) is 18.5. The maximum atomic E-state index is 14.0. The number of likely N-dealkylation sites (N-methyl/N-ethyl adjacent to an activating group) is 1. The minimum Gasteiger partial charge on any atom is -0.333 e. The van der Waals surface area contributed by atoms with Gasteiger partial charge < -0.3 is 19.6 Å². The lowest BCUT2D eigenvalue weighted by Gasteiger charge is -2.34. The number of carbonyl (C=O) groups excluding carboxylic acids is 1. The minimum atomic E-state index is -1.08. The second-order valence-corrected chi connectivity index (χ2v) is 7.48. The molecule has 1 aliphatic heterocycles. The van der Waals surface area contributed by atoms with Crippen LogP contribution in [0.25, 0.3) is 16.3 Å². The number of nitrogens with one attached hydrogen (secondary N) is 2. The number of amides is 1. The normalized spacial score (nSPS) is 16.0. The summed E-state index contributed by atoms with van der Waals surface area (Å²) in [6.45, 7) is 0.789. The predicted molar refractivity (Wildman–Crippen MR) is 108 cm³/mol. The number of carbonyl (C=O) groups is 1. The summed E-state index contributed by atoms with van der Waals surface area (Å²) in [4.78, 5) is 29.9. The van der Waals surface area contributed by atoms with Gasteiger partial charge in [-0.25, -0.2) is 8.78 Å². The van der Waals surface area contributed by atoms with Crippen LogP contribution in [0.5, 0.6) is 0 Å². The first-order valence-corrected chi connectivity index (χ1v) is 9.52.